The molecule has 3 heteroatoms. The molecule has 1 atom stereocenters. The van der Waals surface area contributed by atoms with Crippen molar-refractivity contribution in [1.82, 2.24) is 9.88 Å². The van der Waals surface area contributed by atoms with Crippen LogP contribution in [0.4, 0.5) is 0 Å². The molecule has 3 nitrogen and oxygen atoms in total. The molecule has 0 aromatic carbocycles. The standard InChI is InChI=1S/C8H9N3/c9-4-8-6-10-5-7-2-1-3-11(7)8/h1-3,8,10H,5-6H2. The molecule has 1 unspecified atom stereocenters. The van der Waals surface area contributed by atoms with E-state index >= 15 is 0 Å². The van der Waals surface area contributed by atoms with Crippen molar-refractivity contribution in [3.63, 3.8) is 0 Å². The lowest BCUT2D eigenvalue weighted by Gasteiger charge is -2.21. The molecule has 0 fully saturated rings. The molecule has 56 valence electrons. The smallest absolute Gasteiger partial charge is 0.133 e. The van der Waals surface area contributed by atoms with Gasteiger partial charge in [-0.3, -0.25) is 0 Å². The molecule has 1 N–H and O–H groups in total. The maximum atomic E-state index is 8.75. The van der Waals surface area contributed by atoms with E-state index in [1.54, 1.807) is 0 Å². The van der Waals surface area contributed by atoms with Crippen molar-refractivity contribution < 1.29 is 0 Å². The van der Waals surface area contributed by atoms with Gasteiger partial charge < -0.3 is 9.88 Å². The molecule has 0 bridgehead atoms. The van der Waals surface area contributed by atoms with Crippen LogP contribution in [0.2, 0.25) is 0 Å². The molecule has 0 saturated heterocycles. The molecule has 0 aliphatic carbocycles. The highest BCUT2D eigenvalue weighted by molar-refractivity contribution is 5.14. The topological polar surface area (TPSA) is 40.8 Å². The maximum absolute atomic E-state index is 8.75. The predicted octanol–water partition coefficient (Wildman–Crippen LogP) is 0.656. The number of nitriles is 1. The molecule has 2 heterocycles. The van der Waals surface area contributed by atoms with Gasteiger partial charge in [-0.15, -0.1) is 0 Å². The van der Waals surface area contributed by atoms with Crippen LogP contribution in [0.3, 0.4) is 0 Å². The SMILES string of the molecule is N#CC1CNCc2cccn21. The van der Waals surface area contributed by atoms with Crippen molar-refractivity contribution in [3.05, 3.63) is 24.0 Å². The number of nitrogens with one attached hydrogen (secondary N) is 1. The predicted molar refractivity (Wildman–Crippen MR) is 40.8 cm³/mol. The van der Waals surface area contributed by atoms with E-state index in [2.05, 4.69) is 11.4 Å². The second kappa shape index (κ2) is 2.40. The zero-order valence-electron chi connectivity index (χ0n) is 6.12. The Morgan fingerprint density at radius 1 is 1.73 bits per heavy atom. The summed E-state index contributed by atoms with van der Waals surface area (Å²) in [6, 6.07) is 6.24. The summed E-state index contributed by atoms with van der Waals surface area (Å²) in [7, 11) is 0. The minimum atomic E-state index is -0.0197. The van der Waals surface area contributed by atoms with Crippen LogP contribution in [0, 0.1) is 11.3 Å². The van der Waals surface area contributed by atoms with Crippen LogP contribution in [0.15, 0.2) is 18.3 Å². The summed E-state index contributed by atoms with van der Waals surface area (Å²) in [4.78, 5) is 0. The summed E-state index contributed by atoms with van der Waals surface area (Å²) in [6.45, 7) is 1.64. The second-order valence-corrected chi connectivity index (χ2v) is 2.68. The molecule has 0 spiro atoms. The number of aromatic nitrogens is 1. The van der Waals surface area contributed by atoms with Gasteiger partial charge >= 0.3 is 0 Å². The maximum Gasteiger partial charge on any atom is 0.133 e. The summed E-state index contributed by atoms with van der Waals surface area (Å²) in [5, 5.41) is 11.9. The van der Waals surface area contributed by atoms with Gasteiger partial charge in [0, 0.05) is 25.0 Å². The Morgan fingerprint density at radius 3 is 3.45 bits per heavy atom. The van der Waals surface area contributed by atoms with Crippen molar-refractivity contribution in [2.45, 2.75) is 12.6 Å². The van der Waals surface area contributed by atoms with E-state index in [0.29, 0.717) is 0 Å². The zero-order valence-corrected chi connectivity index (χ0v) is 6.12. The molecule has 1 aromatic heterocycles. The van der Waals surface area contributed by atoms with E-state index < -0.39 is 0 Å². The van der Waals surface area contributed by atoms with Crippen molar-refractivity contribution in [2.24, 2.45) is 0 Å². The summed E-state index contributed by atoms with van der Waals surface area (Å²) >= 11 is 0. The number of hydrogen-bond acceptors (Lipinski definition) is 2. The van der Waals surface area contributed by atoms with E-state index in [1.807, 2.05) is 22.9 Å². The lowest BCUT2D eigenvalue weighted by atomic mass is 10.2. The molecular weight excluding hydrogens is 138 g/mol. The van der Waals surface area contributed by atoms with Crippen LogP contribution >= 0.6 is 0 Å². The summed E-state index contributed by atoms with van der Waals surface area (Å²) in [6.07, 6.45) is 1.96. The zero-order chi connectivity index (χ0) is 7.68. The van der Waals surface area contributed by atoms with Crippen LogP contribution in [0.5, 0.6) is 0 Å². The van der Waals surface area contributed by atoms with Crippen molar-refractivity contribution in [3.8, 4) is 6.07 Å². The quantitative estimate of drug-likeness (QED) is 0.585. The highest BCUT2D eigenvalue weighted by Gasteiger charge is 2.16. The number of fused-ring (bicyclic) bond motifs is 1. The van der Waals surface area contributed by atoms with Gasteiger partial charge in [-0.1, -0.05) is 0 Å². The first kappa shape index (κ1) is 6.44. The highest BCUT2D eigenvalue weighted by Crippen LogP contribution is 2.14. The first-order valence-electron chi connectivity index (χ1n) is 3.68. The third-order valence-electron chi connectivity index (χ3n) is 2.00. The molecular formula is C8H9N3. The summed E-state index contributed by atoms with van der Waals surface area (Å²) in [5.41, 5.74) is 1.20. The molecule has 11 heavy (non-hydrogen) atoms. The molecule has 0 amide bonds. The van der Waals surface area contributed by atoms with Crippen molar-refractivity contribution >= 4 is 0 Å². The fourth-order valence-electron chi connectivity index (χ4n) is 1.43. The monoisotopic (exact) mass is 147 g/mol. The largest absolute Gasteiger partial charge is 0.333 e. The third-order valence-corrected chi connectivity index (χ3v) is 2.00. The molecule has 0 saturated carbocycles. The Balaban J connectivity index is 2.41. The second-order valence-electron chi connectivity index (χ2n) is 2.68. The van der Waals surface area contributed by atoms with Crippen LogP contribution in [0.25, 0.3) is 0 Å². The summed E-state index contributed by atoms with van der Waals surface area (Å²) in [5.74, 6) is 0. The van der Waals surface area contributed by atoms with Gasteiger partial charge in [0.25, 0.3) is 0 Å². The molecule has 1 aromatic rings. The van der Waals surface area contributed by atoms with Crippen LogP contribution in [0.1, 0.15) is 11.7 Å². The van der Waals surface area contributed by atoms with Gasteiger partial charge in [0.15, 0.2) is 0 Å². The first-order chi connectivity index (χ1) is 5.42. The average molecular weight is 147 g/mol. The van der Waals surface area contributed by atoms with Gasteiger partial charge in [0.2, 0.25) is 0 Å². The molecule has 1 aliphatic heterocycles. The first-order valence-corrected chi connectivity index (χ1v) is 3.68. The van der Waals surface area contributed by atoms with Crippen LogP contribution in [-0.4, -0.2) is 11.1 Å². The lowest BCUT2D eigenvalue weighted by molar-refractivity contribution is 0.470. The van der Waals surface area contributed by atoms with Gasteiger partial charge in [-0.2, -0.15) is 5.26 Å². The minimum absolute atomic E-state index is 0.0197. The Hall–Kier alpha value is -1.27. The fraction of sp³-hybridized carbons (Fsp3) is 0.375. The molecule has 1 aliphatic rings. The van der Waals surface area contributed by atoms with E-state index in [1.165, 1.54) is 5.69 Å². The highest BCUT2D eigenvalue weighted by atomic mass is 15.1. The van der Waals surface area contributed by atoms with E-state index in [4.69, 9.17) is 5.26 Å². The fourth-order valence-corrected chi connectivity index (χ4v) is 1.43. The molecule has 0 radical (unpaired) electrons. The van der Waals surface area contributed by atoms with Gasteiger partial charge in [0.05, 0.1) is 6.07 Å². The number of rotatable bonds is 0. The van der Waals surface area contributed by atoms with E-state index in [9.17, 15) is 0 Å². The lowest BCUT2D eigenvalue weighted by Crippen LogP contribution is -2.31. The van der Waals surface area contributed by atoms with E-state index in [-0.39, 0.29) is 6.04 Å². The minimum Gasteiger partial charge on any atom is -0.333 e. The Morgan fingerprint density at radius 2 is 2.64 bits per heavy atom. The number of nitrogens with zero attached hydrogens (tertiary/aromatic N) is 2. The van der Waals surface area contributed by atoms with Crippen molar-refractivity contribution in [1.29, 1.82) is 5.26 Å². The number of hydrogen-bond donors (Lipinski definition) is 1. The third kappa shape index (κ3) is 0.920. The van der Waals surface area contributed by atoms with Gasteiger partial charge in [0.1, 0.15) is 6.04 Å². The van der Waals surface area contributed by atoms with Gasteiger partial charge in [-0.05, 0) is 12.1 Å². The Kier molecular flexibility index (Phi) is 1.41. The van der Waals surface area contributed by atoms with Crippen LogP contribution in [-0.2, 0) is 6.54 Å². The van der Waals surface area contributed by atoms with E-state index in [0.717, 1.165) is 13.1 Å². The Bertz CT molecular complexity index is 295. The van der Waals surface area contributed by atoms with Crippen LogP contribution < -0.4 is 5.32 Å². The Labute approximate surface area is 65.2 Å². The normalized spacial score (nSPS) is 22.3. The van der Waals surface area contributed by atoms with Crippen molar-refractivity contribution in [2.75, 3.05) is 6.54 Å². The van der Waals surface area contributed by atoms with Gasteiger partial charge in [-0.25, -0.2) is 0 Å². The molecule has 2 rings (SSSR count). The average Bonchev–Trinajstić information content (AvgIpc) is 2.50. The summed E-state index contributed by atoms with van der Waals surface area (Å²) < 4.78 is 2.02.